The third-order valence-corrected chi connectivity index (χ3v) is 9.38. The summed E-state index contributed by atoms with van der Waals surface area (Å²) in [5, 5.41) is 10.2. The summed E-state index contributed by atoms with van der Waals surface area (Å²) >= 11 is 0. The van der Waals surface area contributed by atoms with Crippen LogP contribution < -0.4 is 10.6 Å². The van der Waals surface area contributed by atoms with Gasteiger partial charge in [0.05, 0.1) is 6.20 Å². The molecule has 2 bridgehead atoms. The summed E-state index contributed by atoms with van der Waals surface area (Å²) in [5.41, 5.74) is 3.79. The number of amides is 2. The van der Waals surface area contributed by atoms with E-state index in [0.717, 1.165) is 56.1 Å². The Morgan fingerprint density at radius 3 is 2.44 bits per heavy atom. The Labute approximate surface area is 226 Å². The zero-order chi connectivity index (χ0) is 27.2. The third kappa shape index (κ3) is 4.75. The summed E-state index contributed by atoms with van der Waals surface area (Å²) in [7, 11) is 0. The van der Waals surface area contributed by atoms with E-state index >= 15 is 0 Å². The Morgan fingerprint density at radius 2 is 1.69 bits per heavy atom. The van der Waals surface area contributed by atoms with Crippen LogP contribution in [-0.4, -0.2) is 44.5 Å². The lowest BCUT2D eigenvalue weighted by Crippen LogP contribution is -2.49. The Bertz CT molecular complexity index is 1480. The minimum absolute atomic E-state index is 0.0167. The molecular weight excluding hydrogens is 494 g/mol. The van der Waals surface area contributed by atoms with E-state index in [2.05, 4.69) is 20.7 Å². The second-order valence-electron chi connectivity index (χ2n) is 11.6. The van der Waals surface area contributed by atoms with Gasteiger partial charge in [-0.25, -0.2) is 9.50 Å². The van der Waals surface area contributed by atoms with Crippen LogP contribution in [0.15, 0.2) is 36.5 Å². The van der Waals surface area contributed by atoms with Gasteiger partial charge in [-0.05, 0) is 74.0 Å². The molecule has 0 unspecified atom stereocenters. The van der Waals surface area contributed by atoms with Gasteiger partial charge in [0.25, 0.3) is 11.8 Å². The van der Waals surface area contributed by atoms with Crippen LogP contribution in [-0.2, 0) is 29.0 Å². The number of fused-ring (bicyclic) bond motifs is 5. The van der Waals surface area contributed by atoms with Crippen molar-refractivity contribution in [2.75, 3.05) is 6.54 Å². The monoisotopic (exact) mass is 527 g/mol. The van der Waals surface area contributed by atoms with Crippen LogP contribution in [0, 0.1) is 10.8 Å². The molecule has 2 amide bonds. The molecule has 0 aliphatic heterocycles. The van der Waals surface area contributed by atoms with Gasteiger partial charge in [-0.1, -0.05) is 18.2 Å². The van der Waals surface area contributed by atoms with Gasteiger partial charge >= 0.3 is 0 Å². The standard InChI is InChI=1S/C30H33N5O4/c1-19(36)30-10-7-29(8-11-30,9-12-30)18-32-28(39)25-16-24(34-26-6-13-33-35(25)26)27(38)31-17-20-2-3-21-4-5-23(37)15-22(21)14-20/h2-3,6,13-14,16H,4-5,7-12,15,17-18H2,1H3,(H,31,38)(H,32,39). The number of benzene rings is 1. The average Bonchev–Trinajstić information content (AvgIpc) is 3.44. The largest absolute Gasteiger partial charge is 0.350 e. The lowest BCUT2D eigenvalue weighted by Gasteiger charge is -2.52. The van der Waals surface area contributed by atoms with Gasteiger partial charge in [-0.2, -0.15) is 5.10 Å². The molecule has 2 aromatic heterocycles. The molecule has 9 heteroatoms. The molecule has 3 aromatic rings. The minimum atomic E-state index is -0.389. The summed E-state index contributed by atoms with van der Waals surface area (Å²) in [6, 6.07) is 9.13. The van der Waals surface area contributed by atoms with Gasteiger partial charge in [-0.15, -0.1) is 0 Å². The van der Waals surface area contributed by atoms with E-state index in [9.17, 15) is 19.2 Å². The maximum Gasteiger partial charge on any atom is 0.270 e. The highest BCUT2D eigenvalue weighted by molar-refractivity contribution is 5.98. The van der Waals surface area contributed by atoms with Gasteiger partial charge in [0.1, 0.15) is 23.0 Å². The summed E-state index contributed by atoms with van der Waals surface area (Å²) < 4.78 is 1.45. The predicted molar refractivity (Wildman–Crippen MR) is 143 cm³/mol. The number of rotatable bonds is 7. The number of hydrogen-bond donors (Lipinski definition) is 2. The first-order chi connectivity index (χ1) is 18.8. The fraction of sp³-hybridized carbons (Fsp3) is 0.467. The second kappa shape index (κ2) is 9.70. The average molecular weight is 528 g/mol. The minimum Gasteiger partial charge on any atom is -0.350 e. The summed E-state index contributed by atoms with van der Waals surface area (Å²) in [5.74, 6) is -0.156. The number of carbonyl (C=O) groups is 4. The number of ketones is 2. The second-order valence-corrected chi connectivity index (χ2v) is 11.6. The van der Waals surface area contributed by atoms with E-state index in [4.69, 9.17) is 0 Å². The maximum absolute atomic E-state index is 13.3. The Kier molecular flexibility index (Phi) is 6.32. The molecule has 9 nitrogen and oxygen atoms in total. The van der Waals surface area contributed by atoms with E-state index in [1.807, 2.05) is 18.2 Å². The normalized spacial score (nSPS) is 23.9. The molecule has 2 heterocycles. The first-order valence-electron chi connectivity index (χ1n) is 13.8. The van der Waals surface area contributed by atoms with Crippen molar-refractivity contribution in [3.05, 3.63) is 64.6 Å². The highest BCUT2D eigenvalue weighted by Crippen LogP contribution is 2.56. The lowest BCUT2D eigenvalue weighted by molar-refractivity contribution is -0.135. The zero-order valence-corrected chi connectivity index (χ0v) is 22.2. The highest BCUT2D eigenvalue weighted by atomic mass is 16.2. The van der Waals surface area contributed by atoms with Crippen molar-refractivity contribution >= 4 is 29.0 Å². The molecule has 1 aromatic carbocycles. The lowest BCUT2D eigenvalue weighted by atomic mass is 9.52. The van der Waals surface area contributed by atoms with Crippen molar-refractivity contribution in [1.29, 1.82) is 0 Å². The number of hydrogen-bond acceptors (Lipinski definition) is 6. The third-order valence-electron chi connectivity index (χ3n) is 9.38. The van der Waals surface area contributed by atoms with Crippen molar-refractivity contribution in [1.82, 2.24) is 25.2 Å². The van der Waals surface area contributed by atoms with Crippen molar-refractivity contribution in [2.24, 2.45) is 10.8 Å². The van der Waals surface area contributed by atoms with E-state index in [1.165, 1.54) is 16.1 Å². The van der Waals surface area contributed by atoms with E-state index < -0.39 is 0 Å². The number of nitrogens with one attached hydrogen (secondary N) is 2. The highest BCUT2D eigenvalue weighted by Gasteiger charge is 2.50. The van der Waals surface area contributed by atoms with Gasteiger partial charge < -0.3 is 10.6 Å². The van der Waals surface area contributed by atoms with Crippen LogP contribution in [0.4, 0.5) is 0 Å². The number of carbonyl (C=O) groups excluding carboxylic acids is 4. The van der Waals surface area contributed by atoms with Crippen LogP contribution in [0.3, 0.4) is 0 Å². The maximum atomic E-state index is 13.3. The first kappa shape index (κ1) is 25.4. The molecule has 3 fully saturated rings. The molecule has 202 valence electrons. The quantitative estimate of drug-likeness (QED) is 0.486. The molecule has 0 atom stereocenters. The molecule has 2 N–H and O–H groups in total. The number of Topliss-reactive ketones (excluding diaryl/α,β-unsaturated/α-hetero) is 2. The van der Waals surface area contributed by atoms with E-state index in [1.54, 1.807) is 19.2 Å². The smallest absolute Gasteiger partial charge is 0.270 e. The first-order valence-corrected chi connectivity index (χ1v) is 13.8. The molecule has 0 radical (unpaired) electrons. The Morgan fingerprint density at radius 1 is 0.923 bits per heavy atom. The number of aryl methyl sites for hydroxylation is 1. The molecule has 0 spiro atoms. The van der Waals surface area contributed by atoms with Crippen molar-refractivity contribution in [3.63, 3.8) is 0 Å². The van der Waals surface area contributed by atoms with E-state index in [0.29, 0.717) is 30.8 Å². The molecular formula is C30H33N5O4. The van der Waals surface area contributed by atoms with Gasteiger partial charge in [0.15, 0.2) is 5.65 Å². The fourth-order valence-electron chi connectivity index (χ4n) is 6.65. The SMILES string of the molecule is CC(=O)C12CCC(CNC(=O)c3cc(C(=O)NCc4ccc5c(c4)CC(=O)CC5)nc4ccnn34)(CC1)CC2. The molecule has 0 saturated heterocycles. The zero-order valence-electron chi connectivity index (χ0n) is 22.2. The Hall–Kier alpha value is -3.88. The number of nitrogens with zero attached hydrogens (tertiary/aromatic N) is 3. The molecule has 4 aliphatic rings. The van der Waals surface area contributed by atoms with Crippen LogP contribution in [0.1, 0.15) is 89.5 Å². The van der Waals surface area contributed by atoms with Crippen molar-refractivity contribution in [2.45, 2.75) is 71.3 Å². The fourth-order valence-corrected chi connectivity index (χ4v) is 6.65. The topological polar surface area (TPSA) is 123 Å². The van der Waals surface area contributed by atoms with E-state index in [-0.39, 0.29) is 46.4 Å². The molecule has 7 rings (SSSR count). The summed E-state index contributed by atoms with van der Waals surface area (Å²) in [6.07, 6.45) is 8.82. The van der Waals surface area contributed by atoms with Crippen LogP contribution in [0.25, 0.3) is 5.65 Å². The number of aromatic nitrogens is 3. The van der Waals surface area contributed by atoms with Crippen LogP contribution >= 0.6 is 0 Å². The Balaban J connectivity index is 1.14. The van der Waals surface area contributed by atoms with Crippen molar-refractivity contribution < 1.29 is 19.2 Å². The van der Waals surface area contributed by atoms with Gasteiger partial charge in [0, 0.05) is 43.5 Å². The van der Waals surface area contributed by atoms with Crippen molar-refractivity contribution in [3.8, 4) is 0 Å². The van der Waals surface area contributed by atoms with Crippen LogP contribution in [0.2, 0.25) is 0 Å². The molecule has 4 aliphatic carbocycles. The molecule has 39 heavy (non-hydrogen) atoms. The molecule has 3 saturated carbocycles. The predicted octanol–water partition coefficient (Wildman–Crippen LogP) is 3.38. The summed E-state index contributed by atoms with van der Waals surface area (Å²) in [4.78, 5) is 54.9. The van der Waals surface area contributed by atoms with Gasteiger partial charge in [-0.3, -0.25) is 19.2 Å². The van der Waals surface area contributed by atoms with Crippen LogP contribution in [0.5, 0.6) is 0 Å². The summed E-state index contributed by atoms with van der Waals surface area (Å²) in [6.45, 7) is 2.53. The van der Waals surface area contributed by atoms with Gasteiger partial charge in [0.2, 0.25) is 0 Å².